The van der Waals surface area contributed by atoms with Crippen LogP contribution in [-0.4, -0.2) is 32.6 Å². The Morgan fingerprint density at radius 2 is 2.19 bits per heavy atom. The largest absolute Gasteiger partial charge is 0.352 e. The lowest BCUT2D eigenvalue weighted by Crippen LogP contribution is -2.26. The Labute approximate surface area is 128 Å². The summed E-state index contributed by atoms with van der Waals surface area (Å²) in [4.78, 5) is 26.0. The van der Waals surface area contributed by atoms with Crippen LogP contribution in [0.1, 0.15) is 16.2 Å². The van der Waals surface area contributed by atoms with Gasteiger partial charge in [0.05, 0.1) is 9.95 Å². The third-order valence-electron chi connectivity index (χ3n) is 2.58. The molecule has 0 aliphatic rings. The molecule has 0 saturated heterocycles. The lowest BCUT2D eigenvalue weighted by atomic mass is 10.2. The van der Waals surface area contributed by atoms with E-state index in [1.807, 2.05) is 0 Å². The summed E-state index contributed by atoms with van der Waals surface area (Å²) in [5, 5.41) is 19.5. The molecule has 21 heavy (non-hydrogen) atoms. The highest BCUT2D eigenvalue weighted by Crippen LogP contribution is 2.32. The zero-order valence-corrected chi connectivity index (χ0v) is 12.0. The van der Waals surface area contributed by atoms with Crippen molar-refractivity contribution in [1.29, 1.82) is 0 Å². The Bertz CT molecular complexity index is 675. The van der Waals surface area contributed by atoms with E-state index in [0.29, 0.717) is 18.8 Å². The van der Waals surface area contributed by atoms with E-state index in [0.717, 1.165) is 6.07 Å². The van der Waals surface area contributed by atoms with Crippen molar-refractivity contribution < 1.29 is 9.72 Å². The van der Waals surface area contributed by atoms with Crippen molar-refractivity contribution in [3.8, 4) is 0 Å². The fourth-order valence-electron chi connectivity index (χ4n) is 1.59. The number of carbonyl (C=O) groups is 1. The van der Waals surface area contributed by atoms with E-state index >= 15 is 0 Å². The second kappa shape index (κ2) is 6.51. The summed E-state index contributed by atoms with van der Waals surface area (Å²) in [6, 6.07) is 2.36. The number of nitro groups is 1. The predicted molar refractivity (Wildman–Crippen MR) is 75.5 cm³/mol. The van der Waals surface area contributed by atoms with Gasteiger partial charge >= 0.3 is 0 Å². The number of aromatic nitrogens is 3. The number of benzene rings is 1. The molecule has 2 rings (SSSR count). The summed E-state index contributed by atoms with van der Waals surface area (Å²) in [5.74, 6) is 0.131. The third-order valence-corrected chi connectivity index (χ3v) is 3.37. The Hall–Kier alpha value is -2.19. The molecule has 0 saturated carbocycles. The van der Waals surface area contributed by atoms with Gasteiger partial charge in [-0.1, -0.05) is 23.2 Å². The Balaban J connectivity index is 2.07. The molecular formula is C11H9Cl2N5O3. The van der Waals surface area contributed by atoms with Gasteiger partial charge in [0, 0.05) is 24.6 Å². The first-order valence-electron chi connectivity index (χ1n) is 5.75. The van der Waals surface area contributed by atoms with Crippen LogP contribution in [0.5, 0.6) is 0 Å². The number of H-pyrrole nitrogens is 1. The number of carbonyl (C=O) groups excluding carboxylic acids is 1. The van der Waals surface area contributed by atoms with Crippen LogP contribution in [0.2, 0.25) is 10.0 Å². The first-order valence-corrected chi connectivity index (χ1v) is 6.50. The maximum atomic E-state index is 11.9. The molecule has 110 valence electrons. The van der Waals surface area contributed by atoms with Gasteiger partial charge in [-0.2, -0.15) is 5.10 Å². The average Bonchev–Trinajstić information content (AvgIpc) is 2.94. The van der Waals surface area contributed by atoms with E-state index in [1.165, 1.54) is 12.4 Å². The van der Waals surface area contributed by atoms with Crippen LogP contribution >= 0.6 is 23.2 Å². The first kappa shape index (κ1) is 15.2. The van der Waals surface area contributed by atoms with E-state index in [4.69, 9.17) is 23.2 Å². The van der Waals surface area contributed by atoms with Crippen molar-refractivity contribution in [3.63, 3.8) is 0 Å². The van der Waals surface area contributed by atoms with Crippen LogP contribution in [0.15, 0.2) is 18.5 Å². The van der Waals surface area contributed by atoms with Gasteiger partial charge in [-0.3, -0.25) is 20.0 Å². The lowest BCUT2D eigenvalue weighted by Gasteiger charge is -2.06. The van der Waals surface area contributed by atoms with E-state index < -0.39 is 16.5 Å². The number of aromatic amines is 1. The monoisotopic (exact) mass is 329 g/mol. The van der Waals surface area contributed by atoms with E-state index in [2.05, 4.69) is 20.5 Å². The minimum Gasteiger partial charge on any atom is -0.352 e. The number of nitrogens with one attached hydrogen (secondary N) is 2. The molecule has 2 aromatic rings. The van der Waals surface area contributed by atoms with Crippen molar-refractivity contribution in [2.45, 2.75) is 6.42 Å². The molecule has 1 aromatic carbocycles. The Morgan fingerprint density at radius 3 is 2.81 bits per heavy atom. The summed E-state index contributed by atoms with van der Waals surface area (Å²) in [5.41, 5.74) is -0.349. The van der Waals surface area contributed by atoms with Gasteiger partial charge in [0.1, 0.15) is 17.2 Å². The van der Waals surface area contributed by atoms with Gasteiger partial charge in [-0.05, 0) is 6.07 Å². The highest BCUT2D eigenvalue weighted by atomic mass is 35.5. The molecular weight excluding hydrogens is 321 g/mol. The maximum Gasteiger partial charge on any atom is 0.290 e. The molecule has 0 spiro atoms. The Kier molecular flexibility index (Phi) is 4.71. The summed E-state index contributed by atoms with van der Waals surface area (Å²) in [7, 11) is 0. The molecule has 0 aliphatic heterocycles. The molecule has 0 fully saturated rings. The first-order chi connectivity index (χ1) is 9.99. The number of amides is 1. The molecule has 0 unspecified atom stereocenters. The highest BCUT2D eigenvalue weighted by molar-refractivity contribution is 6.43. The summed E-state index contributed by atoms with van der Waals surface area (Å²) in [6.45, 7) is 0.294. The van der Waals surface area contributed by atoms with Gasteiger partial charge < -0.3 is 5.32 Å². The van der Waals surface area contributed by atoms with Crippen LogP contribution < -0.4 is 5.32 Å². The van der Waals surface area contributed by atoms with Crippen LogP contribution in [0.25, 0.3) is 0 Å². The number of hydrogen-bond acceptors (Lipinski definition) is 5. The molecule has 2 N–H and O–H groups in total. The topological polar surface area (TPSA) is 114 Å². The molecule has 0 bridgehead atoms. The molecule has 0 atom stereocenters. The number of hydrogen-bond donors (Lipinski definition) is 2. The SMILES string of the molecule is O=C(NCCc1ncn[nH]1)c1cc(Cl)c(Cl)c([N+](=O)[O-])c1. The third kappa shape index (κ3) is 3.67. The fraction of sp³-hybridized carbons (Fsp3) is 0.182. The predicted octanol–water partition coefficient (Wildman–Crippen LogP) is 1.99. The van der Waals surface area contributed by atoms with Gasteiger partial charge in [0.2, 0.25) is 0 Å². The molecule has 1 heterocycles. The summed E-state index contributed by atoms with van der Waals surface area (Å²) in [6.07, 6.45) is 1.81. The lowest BCUT2D eigenvalue weighted by molar-refractivity contribution is -0.384. The summed E-state index contributed by atoms with van der Waals surface area (Å²) >= 11 is 11.5. The van der Waals surface area contributed by atoms with Crippen molar-refractivity contribution in [2.24, 2.45) is 0 Å². The zero-order valence-electron chi connectivity index (χ0n) is 10.5. The van der Waals surface area contributed by atoms with Crippen molar-refractivity contribution in [3.05, 3.63) is 50.0 Å². The fourth-order valence-corrected chi connectivity index (χ4v) is 1.98. The minimum atomic E-state index is -0.695. The summed E-state index contributed by atoms with van der Waals surface area (Å²) < 4.78 is 0. The van der Waals surface area contributed by atoms with Gasteiger partial charge in [0.15, 0.2) is 0 Å². The number of nitro benzene ring substituents is 1. The van der Waals surface area contributed by atoms with Crippen LogP contribution in [0.4, 0.5) is 5.69 Å². The van der Waals surface area contributed by atoms with Crippen molar-refractivity contribution in [1.82, 2.24) is 20.5 Å². The molecule has 10 heteroatoms. The van der Waals surface area contributed by atoms with Gasteiger partial charge in [-0.15, -0.1) is 0 Å². The Morgan fingerprint density at radius 1 is 1.43 bits per heavy atom. The normalized spacial score (nSPS) is 10.4. The standard InChI is InChI=1S/C11H9Cl2N5O3/c12-7-3-6(4-8(10(7)13)18(20)21)11(19)14-2-1-9-15-5-16-17-9/h3-5H,1-2H2,(H,14,19)(H,15,16,17). The van der Waals surface area contributed by atoms with E-state index in [1.54, 1.807) is 0 Å². The maximum absolute atomic E-state index is 11.9. The quantitative estimate of drug-likeness (QED) is 0.643. The number of rotatable bonds is 5. The molecule has 1 aromatic heterocycles. The molecule has 1 amide bonds. The van der Waals surface area contributed by atoms with E-state index in [9.17, 15) is 14.9 Å². The van der Waals surface area contributed by atoms with Gasteiger partial charge in [0.25, 0.3) is 11.6 Å². The minimum absolute atomic E-state index is 0.0498. The smallest absolute Gasteiger partial charge is 0.290 e. The highest BCUT2D eigenvalue weighted by Gasteiger charge is 2.19. The van der Waals surface area contributed by atoms with Crippen molar-refractivity contribution in [2.75, 3.05) is 6.54 Å². The van der Waals surface area contributed by atoms with Crippen molar-refractivity contribution >= 4 is 34.8 Å². The molecule has 0 radical (unpaired) electrons. The average molecular weight is 330 g/mol. The molecule has 0 aliphatic carbocycles. The van der Waals surface area contributed by atoms with E-state index in [-0.39, 0.29) is 15.6 Å². The van der Waals surface area contributed by atoms with Gasteiger partial charge in [-0.25, -0.2) is 4.98 Å². The van der Waals surface area contributed by atoms with Crippen LogP contribution in [-0.2, 0) is 6.42 Å². The van der Waals surface area contributed by atoms with Crippen LogP contribution in [0.3, 0.4) is 0 Å². The second-order valence-electron chi connectivity index (χ2n) is 3.99. The second-order valence-corrected chi connectivity index (χ2v) is 4.77. The number of halogens is 2. The van der Waals surface area contributed by atoms with Crippen LogP contribution in [0, 0.1) is 10.1 Å². The molecule has 8 nitrogen and oxygen atoms in total. The zero-order chi connectivity index (χ0) is 15.4. The number of nitrogens with zero attached hydrogens (tertiary/aromatic N) is 3.